The van der Waals surface area contributed by atoms with Crippen LogP contribution in [0, 0.1) is 0 Å². The molecule has 0 aliphatic carbocycles. The Hall–Kier alpha value is -3.92. The molecule has 2 N–H and O–H groups in total. The van der Waals surface area contributed by atoms with Crippen LogP contribution >= 0.6 is 0 Å². The lowest BCUT2D eigenvalue weighted by molar-refractivity contribution is -0.124. The normalized spacial score (nSPS) is 11.8. The third-order valence-corrected chi connectivity index (χ3v) is 4.06. The molecule has 2 aromatic carbocycles. The highest BCUT2D eigenvalue weighted by Gasteiger charge is 2.25. The molecule has 0 amide bonds. The Kier molecular flexibility index (Phi) is 5.98. The van der Waals surface area contributed by atoms with Crippen molar-refractivity contribution in [1.82, 2.24) is 0 Å². The molecule has 3 rings (SSSR count). The highest BCUT2D eigenvalue weighted by Crippen LogP contribution is 2.41. The predicted octanol–water partition coefficient (Wildman–Crippen LogP) is 1.06. The maximum absolute atomic E-state index is 12.3. The highest BCUT2D eigenvalue weighted by molar-refractivity contribution is 6.45. The molecule has 1 aliphatic heterocycles. The molecule has 1 heterocycles. The van der Waals surface area contributed by atoms with Gasteiger partial charge in [-0.25, -0.2) is 0 Å². The van der Waals surface area contributed by atoms with Crippen molar-refractivity contribution in [3.05, 3.63) is 41.5 Å². The zero-order valence-corrected chi connectivity index (χ0v) is 15.7. The smallest absolute Gasteiger partial charge is 0.231 e. The van der Waals surface area contributed by atoms with Gasteiger partial charge in [0.25, 0.3) is 0 Å². The van der Waals surface area contributed by atoms with Gasteiger partial charge in [-0.1, -0.05) is 0 Å². The fourth-order valence-corrected chi connectivity index (χ4v) is 2.68. The van der Waals surface area contributed by atoms with Crippen LogP contribution in [0.2, 0.25) is 0 Å². The predicted molar refractivity (Wildman–Crippen MR) is 98.4 cm³/mol. The van der Waals surface area contributed by atoms with Gasteiger partial charge in [-0.05, 0) is 24.3 Å². The molecule has 156 valence electrons. The van der Waals surface area contributed by atoms with Crippen molar-refractivity contribution in [1.29, 1.82) is 0 Å². The summed E-state index contributed by atoms with van der Waals surface area (Å²) >= 11 is 0. The van der Waals surface area contributed by atoms with Crippen LogP contribution in [0.5, 0.6) is 28.7 Å². The van der Waals surface area contributed by atoms with Crippen LogP contribution in [0.4, 0.5) is 0 Å². The molecule has 0 aromatic heterocycles. The van der Waals surface area contributed by atoms with Gasteiger partial charge in [-0.15, -0.1) is 0 Å². The van der Waals surface area contributed by atoms with Crippen LogP contribution in [-0.4, -0.2) is 60.5 Å². The van der Waals surface area contributed by atoms with E-state index in [2.05, 4.69) is 0 Å². The van der Waals surface area contributed by atoms with Crippen LogP contribution in [0.15, 0.2) is 30.3 Å². The minimum atomic E-state index is -1.03. The molecule has 0 fully saturated rings. The Morgan fingerprint density at radius 1 is 0.867 bits per heavy atom. The monoisotopic (exact) mass is 416 g/mol. The number of hydrogen-bond acceptors (Lipinski definition) is 10. The summed E-state index contributed by atoms with van der Waals surface area (Å²) in [5.41, 5.74) is -0.252. The lowest BCUT2D eigenvalue weighted by Gasteiger charge is -2.07. The van der Waals surface area contributed by atoms with E-state index in [1.165, 1.54) is 19.2 Å². The van der Waals surface area contributed by atoms with Gasteiger partial charge in [0.05, 0.1) is 7.11 Å². The molecular formula is C20H16O10. The average molecular weight is 416 g/mol. The molecule has 0 atom stereocenters. The van der Waals surface area contributed by atoms with E-state index in [9.17, 15) is 29.4 Å². The van der Waals surface area contributed by atoms with Crippen LogP contribution in [0.25, 0.3) is 0 Å². The molecule has 0 saturated carbocycles. The van der Waals surface area contributed by atoms with E-state index in [-0.39, 0.29) is 29.4 Å². The first-order valence-electron chi connectivity index (χ1n) is 8.53. The zero-order chi connectivity index (χ0) is 21.8. The van der Waals surface area contributed by atoms with E-state index in [0.717, 1.165) is 18.2 Å². The molecular weight excluding hydrogens is 400 g/mol. The standard InChI is InChI=1S/C20H16O10/c1-27-16-4-11(5-17-20(16)30-9-29-17)19(26)15(24)8-28-7-14(23)18(25)10-2-12(21)6-13(22)3-10/h2-6,21-22H,7-9H2,1H3. The Balaban J connectivity index is 1.58. The number of phenolic OH excluding ortho intramolecular Hbond substituents is 2. The van der Waals surface area contributed by atoms with Crippen LogP contribution < -0.4 is 14.2 Å². The van der Waals surface area contributed by atoms with Gasteiger partial charge in [0.1, 0.15) is 24.7 Å². The quantitative estimate of drug-likeness (QED) is 0.449. The minimum Gasteiger partial charge on any atom is -0.508 e. The first kappa shape index (κ1) is 20.8. The molecule has 10 nitrogen and oxygen atoms in total. The molecule has 0 spiro atoms. The number of aromatic hydroxyl groups is 2. The van der Waals surface area contributed by atoms with Gasteiger partial charge in [-0.3, -0.25) is 19.2 Å². The SMILES string of the molecule is COc1cc(C(=O)C(=O)COCC(=O)C(=O)c2cc(O)cc(O)c2)cc2c1OCO2. The Morgan fingerprint density at radius 2 is 1.43 bits per heavy atom. The first-order chi connectivity index (χ1) is 14.3. The number of carbonyl (C=O) groups is 4. The third-order valence-electron chi connectivity index (χ3n) is 4.06. The van der Waals surface area contributed by atoms with Crippen molar-refractivity contribution in [3.8, 4) is 28.7 Å². The van der Waals surface area contributed by atoms with Gasteiger partial charge in [0.15, 0.2) is 11.5 Å². The Morgan fingerprint density at radius 3 is 2.00 bits per heavy atom. The van der Waals surface area contributed by atoms with E-state index in [1.54, 1.807) is 0 Å². The van der Waals surface area contributed by atoms with E-state index >= 15 is 0 Å². The topological polar surface area (TPSA) is 146 Å². The summed E-state index contributed by atoms with van der Waals surface area (Å²) in [5, 5.41) is 18.8. The molecule has 10 heteroatoms. The van der Waals surface area contributed by atoms with Gasteiger partial charge in [0, 0.05) is 17.2 Å². The first-order valence-corrected chi connectivity index (χ1v) is 8.53. The second-order valence-electron chi connectivity index (χ2n) is 6.15. The summed E-state index contributed by atoms with van der Waals surface area (Å²) in [5.74, 6) is -3.91. The molecule has 0 saturated heterocycles. The van der Waals surface area contributed by atoms with E-state index in [1.807, 2.05) is 0 Å². The number of benzene rings is 2. The molecule has 0 bridgehead atoms. The summed E-state index contributed by atoms with van der Waals surface area (Å²) in [6.07, 6.45) is 0. The largest absolute Gasteiger partial charge is 0.508 e. The van der Waals surface area contributed by atoms with Crippen molar-refractivity contribution < 1.29 is 48.3 Å². The molecule has 30 heavy (non-hydrogen) atoms. The van der Waals surface area contributed by atoms with E-state index in [0.29, 0.717) is 5.75 Å². The highest BCUT2D eigenvalue weighted by atomic mass is 16.7. The van der Waals surface area contributed by atoms with Crippen LogP contribution in [0.3, 0.4) is 0 Å². The van der Waals surface area contributed by atoms with Gasteiger partial charge >= 0.3 is 0 Å². The number of Topliss-reactive ketones (excluding diaryl/α,β-unsaturated/α-hetero) is 4. The maximum Gasteiger partial charge on any atom is 0.231 e. The number of carbonyl (C=O) groups excluding carboxylic acids is 4. The lowest BCUT2D eigenvalue weighted by atomic mass is 10.1. The van der Waals surface area contributed by atoms with Gasteiger partial charge in [-0.2, -0.15) is 0 Å². The Bertz CT molecular complexity index is 1020. The number of rotatable bonds is 9. The minimum absolute atomic E-state index is 0.0117. The summed E-state index contributed by atoms with van der Waals surface area (Å²) in [7, 11) is 1.37. The summed E-state index contributed by atoms with van der Waals surface area (Å²) in [6, 6.07) is 5.64. The number of fused-ring (bicyclic) bond motifs is 1. The van der Waals surface area contributed by atoms with Gasteiger partial charge in [0.2, 0.25) is 35.7 Å². The lowest BCUT2D eigenvalue weighted by Crippen LogP contribution is -2.25. The van der Waals surface area contributed by atoms with E-state index < -0.39 is 47.8 Å². The number of hydrogen-bond donors (Lipinski definition) is 2. The van der Waals surface area contributed by atoms with Crippen molar-refractivity contribution in [2.45, 2.75) is 0 Å². The summed E-state index contributed by atoms with van der Waals surface area (Å²) < 4.78 is 20.4. The number of phenols is 2. The van der Waals surface area contributed by atoms with Crippen molar-refractivity contribution in [2.24, 2.45) is 0 Å². The van der Waals surface area contributed by atoms with Crippen LogP contribution in [-0.2, 0) is 14.3 Å². The summed E-state index contributed by atoms with van der Waals surface area (Å²) in [4.78, 5) is 48.4. The third kappa shape index (κ3) is 4.39. The molecule has 0 unspecified atom stereocenters. The summed E-state index contributed by atoms with van der Waals surface area (Å²) in [6.45, 7) is -1.55. The number of ether oxygens (including phenoxy) is 4. The Labute approximate surface area is 169 Å². The molecule has 1 aliphatic rings. The van der Waals surface area contributed by atoms with Crippen molar-refractivity contribution in [2.75, 3.05) is 27.1 Å². The molecule has 2 aromatic rings. The van der Waals surface area contributed by atoms with Crippen molar-refractivity contribution >= 4 is 23.1 Å². The van der Waals surface area contributed by atoms with E-state index in [4.69, 9.17) is 18.9 Å². The van der Waals surface area contributed by atoms with Crippen LogP contribution in [0.1, 0.15) is 20.7 Å². The number of methoxy groups -OCH3 is 1. The second kappa shape index (κ2) is 8.62. The fraction of sp³-hybridized carbons (Fsp3) is 0.200. The maximum atomic E-state index is 12.3. The van der Waals surface area contributed by atoms with Gasteiger partial charge < -0.3 is 29.2 Å². The van der Waals surface area contributed by atoms with Crippen molar-refractivity contribution in [3.63, 3.8) is 0 Å². The second-order valence-corrected chi connectivity index (χ2v) is 6.15. The number of ketones is 4. The fourth-order valence-electron chi connectivity index (χ4n) is 2.68. The molecule has 0 radical (unpaired) electrons. The zero-order valence-electron chi connectivity index (χ0n) is 15.7. The average Bonchev–Trinajstić information content (AvgIpc) is 3.19.